The maximum Gasteiger partial charge on any atom is 0.192 e. The van der Waals surface area contributed by atoms with Gasteiger partial charge in [-0.05, 0) is 18.9 Å². The lowest BCUT2D eigenvalue weighted by Gasteiger charge is -2.22. The van der Waals surface area contributed by atoms with Crippen LogP contribution in [0.1, 0.15) is 18.1 Å². The number of hydrogen-bond donors (Lipinski definition) is 0. The van der Waals surface area contributed by atoms with Gasteiger partial charge in [-0.25, -0.2) is 0 Å². The largest absolute Gasteiger partial charge is 0.344 e. The third-order valence-corrected chi connectivity index (χ3v) is 2.89. The fourth-order valence-corrected chi connectivity index (χ4v) is 1.98. The number of ether oxygens (including phenoxy) is 2. The van der Waals surface area contributed by atoms with Gasteiger partial charge in [-0.2, -0.15) is 0 Å². The zero-order valence-corrected chi connectivity index (χ0v) is 9.59. The quantitative estimate of drug-likeness (QED) is 0.738. The van der Waals surface area contributed by atoms with E-state index in [-0.39, 0.29) is 0 Å². The van der Waals surface area contributed by atoms with Gasteiger partial charge in [0.05, 0.1) is 13.2 Å². The van der Waals surface area contributed by atoms with Gasteiger partial charge in [0.2, 0.25) is 0 Å². The lowest BCUT2D eigenvalue weighted by Crippen LogP contribution is -2.22. The molecule has 3 heteroatoms. The van der Waals surface area contributed by atoms with Gasteiger partial charge < -0.3 is 9.47 Å². The van der Waals surface area contributed by atoms with E-state index in [1.54, 1.807) is 0 Å². The summed E-state index contributed by atoms with van der Waals surface area (Å²) in [6.07, 6.45) is 0.903. The van der Waals surface area contributed by atoms with Crippen LogP contribution in [0.5, 0.6) is 0 Å². The molecule has 82 valence electrons. The molecule has 0 radical (unpaired) electrons. The number of rotatable bonds is 3. The summed E-state index contributed by atoms with van der Waals surface area (Å²) in [7, 11) is 0. The number of benzene rings is 1. The first kappa shape index (κ1) is 10.9. The number of hydrogen-bond acceptors (Lipinski definition) is 2. The lowest BCUT2D eigenvalue weighted by atomic mass is 10.0. The van der Waals surface area contributed by atoms with Gasteiger partial charge in [0, 0.05) is 11.4 Å². The minimum atomic E-state index is -0.556. The molecule has 1 heterocycles. The zero-order valence-electron chi connectivity index (χ0n) is 8.83. The molecule has 0 N–H and O–H groups in total. The summed E-state index contributed by atoms with van der Waals surface area (Å²) in [5, 5.41) is 0. The highest BCUT2D eigenvalue weighted by atomic mass is 35.5. The predicted molar refractivity (Wildman–Crippen MR) is 60.1 cm³/mol. The van der Waals surface area contributed by atoms with Gasteiger partial charge in [-0.1, -0.05) is 24.3 Å². The summed E-state index contributed by atoms with van der Waals surface area (Å²) >= 11 is 5.68. The van der Waals surface area contributed by atoms with Crippen molar-refractivity contribution in [2.75, 3.05) is 19.1 Å². The molecule has 0 bridgehead atoms. The average Bonchev–Trinajstić information content (AvgIpc) is 2.68. The minimum Gasteiger partial charge on any atom is -0.344 e. The second-order valence-electron chi connectivity index (χ2n) is 3.78. The second kappa shape index (κ2) is 4.52. The smallest absolute Gasteiger partial charge is 0.192 e. The van der Waals surface area contributed by atoms with E-state index in [1.165, 1.54) is 5.56 Å². The van der Waals surface area contributed by atoms with E-state index in [0.717, 1.165) is 12.0 Å². The fraction of sp³-hybridized carbons (Fsp3) is 0.500. The predicted octanol–water partition coefficient (Wildman–Crippen LogP) is 2.69. The normalized spacial score (nSPS) is 19.3. The van der Waals surface area contributed by atoms with Crippen LogP contribution in [0.3, 0.4) is 0 Å². The number of aryl methyl sites for hydroxylation is 1. The van der Waals surface area contributed by atoms with Crippen molar-refractivity contribution in [1.29, 1.82) is 0 Å². The van der Waals surface area contributed by atoms with Crippen molar-refractivity contribution in [2.45, 2.75) is 19.1 Å². The van der Waals surface area contributed by atoms with E-state index in [1.807, 2.05) is 19.1 Å². The van der Waals surface area contributed by atoms with Crippen LogP contribution in [-0.2, 0) is 21.7 Å². The van der Waals surface area contributed by atoms with Crippen LogP contribution in [0.15, 0.2) is 24.3 Å². The summed E-state index contributed by atoms with van der Waals surface area (Å²) in [6, 6.07) is 8.25. The average molecular weight is 227 g/mol. The van der Waals surface area contributed by atoms with Gasteiger partial charge >= 0.3 is 0 Å². The summed E-state index contributed by atoms with van der Waals surface area (Å²) < 4.78 is 11.2. The van der Waals surface area contributed by atoms with Crippen LogP contribution < -0.4 is 0 Å². The lowest BCUT2D eigenvalue weighted by molar-refractivity contribution is -0.149. The Hall–Kier alpha value is -0.570. The highest BCUT2D eigenvalue weighted by molar-refractivity contribution is 6.17. The molecule has 0 aromatic heterocycles. The third-order valence-electron chi connectivity index (χ3n) is 2.70. The highest BCUT2D eigenvalue weighted by Crippen LogP contribution is 2.30. The molecular formula is C12H15ClO2. The van der Waals surface area contributed by atoms with Crippen molar-refractivity contribution in [3.8, 4) is 0 Å². The van der Waals surface area contributed by atoms with Crippen LogP contribution in [-0.4, -0.2) is 19.1 Å². The summed E-state index contributed by atoms with van der Waals surface area (Å²) in [5.41, 5.74) is 2.31. The van der Waals surface area contributed by atoms with Crippen LogP contribution in [0.4, 0.5) is 0 Å². The standard InChI is InChI=1S/C12H15ClO2/c1-12(14-8-9-15-12)11-4-2-10(3-5-11)6-7-13/h2-5H,6-9H2,1H3. The van der Waals surface area contributed by atoms with Crippen molar-refractivity contribution >= 4 is 11.6 Å². The van der Waals surface area contributed by atoms with Crippen molar-refractivity contribution < 1.29 is 9.47 Å². The molecule has 2 nitrogen and oxygen atoms in total. The third kappa shape index (κ3) is 2.33. The van der Waals surface area contributed by atoms with Crippen LogP contribution in [0, 0.1) is 0 Å². The molecule has 0 unspecified atom stereocenters. The molecule has 1 aliphatic heterocycles. The Morgan fingerprint density at radius 1 is 1.20 bits per heavy atom. The molecule has 0 spiro atoms. The molecule has 0 amide bonds. The van der Waals surface area contributed by atoms with E-state index in [4.69, 9.17) is 21.1 Å². The molecule has 1 aromatic rings. The summed E-state index contributed by atoms with van der Waals surface area (Å²) in [4.78, 5) is 0. The van der Waals surface area contributed by atoms with Gasteiger partial charge in [0.1, 0.15) is 0 Å². The monoisotopic (exact) mass is 226 g/mol. The second-order valence-corrected chi connectivity index (χ2v) is 4.16. The molecule has 0 aliphatic carbocycles. The van der Waals surface area contributed by atoms with E-state index in [2.05, 4.69) is 12.1 Å². The molecule has 0 atom stereocenters. The topological polar surface area (TPSA) is 18.5 Å². The molecule has 2 rings (SSSR count). The Balaban J connectivity index is 2.15. The first-order chi connectivity index (χ1) is 7.24. The molecule has 0 saturated carbocycles. The summed E-state index contributed by atoms with van der Waals surface area (Å²) in [6.45, 7) is 3.29. The minimum absolute atomic E-state index is 0.556. The highest BCUT2D eigenvalue weighted by Gasteiger charge is 2.32. The van der Waals surface area contributed by atoms with Crippen molar-refractivity contribution in [1.82, 2.24) is 0 Å². The van der Waals surface area contributed by atoms with E-state index >= 15 is 0 Å². The van der Waals surface area contributed by atoms with Crippen molar-refractivity contribution in [2.24, 2.45) is 0 Å². The first-order valence-corrected chi connectivity index (χ1v) is 5.71. The molecule has 1 fully saturated rings. The first-order valence-electron chi connectivity index (χ1n) is 5.18. The molecule has 1 aromatic carbocycles. The van der Waals surface area contributed by atoms with Crippen LogP contribution in [0.25, 0.3) is 0 Å². The Labute approximate surface area is 95.1 Å². The van der Waals surface area contributed by atoms with Crippen molar-refractivity contribution in [3.05, 3.63) is 35.4 Å². The molecular weight excluding hydrogens is 212 g/mol. The maximum atomic E-state index is 5.68. The van der Waals surface area contributed by atoms with E-state index in [9.17, 15) is 0 Å². The molecule has 1 aliphatic rings. The SMILES string of the molecule is CC1(c2ccc(CCCl)cc2)OCCO1. The van der Waals surface area contributed by atoms with Gasteiger partial charge in [0.15, 0.2) is 5.79 Å². The van der Waals surface area contributed by atoms with Crippen LogP contribution >= 0.6 is 11.6 Å². The van der Waals surface area contributed by atoms with Crippen molar-refractivity contribution in [3.63, 3.8) is 0 Å². The maximum absolute atomic E-state index is 5.68. The Kier molecular flexibility index (Phi) is 3.29. The Morgan fingerprint density at radius 3 is 2.33 bits per heavy atom. The zero-order chi connectivity index (χ0) is 10.7. The Bertz CT molecular complexity index is 315. The van der Waals surface area contributed by atoms with Gasteiger partial charge in [0.25, 0.3) is 0 Å². The van der Waals surface area contributed by atoms with Crippen LogP contribution in [0.2, 0.25) is 0 Å². The van der Waals surface area contributed by atoms with E-state index < -0.39 is 5.79 Å². The van der Waals surface area contributed by atoms with Gasteiger partial charge in [-0.15, -0.1) is 11.6 Å². The Morgan fingerprint density at radius 2 is 1.80 bits per heavy atom. The molecule has 15 heavy (non-hydrogen) atoms. The van der Waals surface area contributed by atoms with Gasteiger partial charge in [-0.3, -0.25) is 0 Å². The number of alkyl halides is 1. The van der Waals surface area contributed by atoms with E-state index in [0.29, 0.717) is 19.1 Å². The molecule has 1 saturated heterocycles. The fourth-order valence-electron chi connectivity index (χ4n) is 1.76. The number of halogens is 1. The summed E-state index contributed by atoms with van der Waals surface area (Å²) in [5.74, 6) is 0.100.